The van der Waals surface area contributed by atoms with Crippen LogP contribution in [0.4, 0.5) is 0 Å². The molecule has 0 bridgehead atoms. The molecule has 1 atom stereocenters. The molecule has 0 fully saturated rings. The standard InChI is InChI=1S/C14H16N2OS/c15-16-14(10-4-3-7-17-8-10)12-9-18-13-6-2-1-5-11(12)13/h1-2,5-6,8-9,14,16H,3-4,7,15H2. The van der Waals surface area contributed by atoms with Gasteiger partial charge in [-0.1, -0.05) is 18.2 Å². The Labute approximate surface area is 110 Å². The molecule has 0 spiro atoms. The van der Waals surface area contributed by atoms with Crippen LogP contribution in [-0.2, 0) is 4.74 Å². The predicted octanol–water partition coefficient (Wildman–Crippen LogP) is 3.10. The summed E-state index contributed by atoms with van der Waals surface area (Å²) in [6.07, 6.45) is 3.96. The van der Waals surface area contributed by atoms with Gasteiger partial charge in [0.05, 0.1) is 18.9 Å². The molecule has 0 saturated carbocycles. The van der Waals surface area contributed by atoms with E-state index in [2.05, 4.69) is 35.1 Å². The first-order valence-electron chi connectivity index (χ1n) is 6.13. The lowest BCUT2D eigenvalue weighted by atomic mass is 9.95. The van der Waals surface area contributed by atoms with Gasteiger partial charge in [-0.25, -0.2) is 5.43 Å². The molecule has 0 aliphatic carbocycles. The molecule has 0 radical (unpaired) electrons. The normalized spacial score (nSPS) is 17.3. The van der Waals surface area contributed by atoms with Gasteiger partial charge in [-0.2, -0.15) is 0 Å². The van der Waals surface area contributed by atoms with Gasteiger partial charge in [0.15, 0.2) is 0 Å². The van der Waals surface area contributed by atoms with Crippen LogP contribution >= 0.6 is 11.3 Å². The monoisotopic (exact) mass is 260 g/mol. The van der Waals surface area contributed by atoms with E-state index in [1.807, 2.05) is 6.26 Å². The van der Waals surface area contributed by atoms with Crippen molar-refractivity contribution >= 4 is 21.4 Å². The second-order valence-corrected chi connectivity index (χ2v) is 5.37. The molecule has 3 N–H and O–H groups in total. The molecule has 1 unspecified atom stereocenters. The van der Waals surface area contributed by atoms with E-state index in [1.54, 1.807) is 11.3 Å². The van der Waals surface area contributed by atoms with Crippen LogP contribution < -0.4 is 11.3 Å². The topological polar surface area (TPSA) is 47.3 Å². The average molecular weight is 260 g/mol. The van der Waals surface area contributed by atoms with Gasteiger partial charge in [-0.05, 0) is 40.8 Å². The highest BCUT2D eigenvalue weighted by molar-refractivity contribution is 7.17. The molecule has 0 saturated heterocycles. The molecular formula is C14H16N2OS. The largest absolute Gasteiger partial charge is 0.501 e. The Morgan fingerprint density at radius 1 is 1.33 bits per heavy atom. The van der Waals surface area contributed by atoms with Crippen LogP contribution in [0.15, 0.2) is 41.5 Å². The zero-order valence-corrected chi connectivity index (χ0v) is 10.9. The van der Waals surface area contributed by atoms with Crippen molar-refractivity contribution in [2.24, 2.45) is 5.84 Å². The molecule has 2 aromatic rings. The molecule has 0 amide bonds. The number of thiophene rings is 1. The molecule has 1 aliphatic rings. The van der Waals surface area contributed by atoms with E-state index in [-0.39, 0.29) is 6.04 Å². The third kappa shape index (κ3) is 2.03. The fraction of sp³-hybridized carbons (Fsp3) is 0.286. The van der Waals surface area contributed by atoms with E-state index in [0.717, 1.165) is 19.4 Å². The van der Waals surface area contributed by atoms with E-state index in [4.69, 9.17) is 10.6 Å². The summed E-state index contributed by atoms with van der Waals surface area (Å²) in [6, 6.07) is 8.48. The minimum atomic E-state index is 0.0569. The van der Waals surface area contributed by atoms with E-state index in [1.165, 1.54) is 21.2 Å². The van der Waals surface area contributed by atoms with Gasteiger partial charge in [0.1, 0.15) is 0 Å². The lowest BCUT2D eigenvalue weighted by Crippen LogP contribution is -2.30. The van der Waals surface area contributed by atoms with Gasteiger partial charge >= 0.3 is 0 Å². The van der Waals surface area contributed by atoms with Crippen molar-refractivity contribution in [1.29, 1.82) is 0 Å². The Hall–Kier alpha value is -1.36. The summed E-state index contributed by atoms with van der Waals surface area (Å²) in [4.78, 5) is 0. The fourth-order valence-electron chi connectivity index (χ4n) is 2.42. The van der Waals surface area contributed by atoms with Crippen LogP contribution in [0.5, 0.6) is 0 Å². The zero-order chi connectivity index (χ0) is 12.4. The third-order valence-electron chi connectivity index (χ3n) is 3.32. The first-order valence-corrected chi connectivity index (χ1v) is 7.01. The number of ether oxygens (including phenoxy) is 1. The molecule has 4 heteroatoms. The van der Waals surface area contributed by atoms with Crippen LogP contribution in [-0.4, -0.2) is 6.61 Å². The Morgan fingerprint density at radius 3 is 3.00 bits per heavy atom. The van der Waals surface area contributed by atoms with Crippen molar-refractivity contribution in [2.45, 2.75) is 18.9 Å². The number of nitrogens with two attached hydrogens (primary N) is 1. The quantitative estimate of drug-likeness (QED) is 0.658. The minimum absolute atomic E-state index is 0.0569. The predicted molar refractivity (Wildman–Crippen MR) is 75.2 cm³/mol. The van der Waals surface area contributed by atoms with Gasteiger partial charge in [0, 0.05) is 4.70 Å². The van der Waals surface area contributed by atoms with E-state index in [0.29, 0.717) is 0 Å². The molecule has 1 aromatic heterocycles. The van der Waals surface area contributed by atoms with Crippen LogP contribution in [0.1, 0.15) is 24.4 Å². The van der Waals surface area contributed by atoms with Gasteiger partial charge < -0.3 is 4.74 Å². The van der Waals surface area contributed by atoms with Crippen molar-refractivity contribution in [3.8, 4) is 0 Å². The minimum Gasteiger partial charge on any atom is -0.501 e. The smallest absolute Gasteiger partial charge is 0.0876 e. The maximum Gasteiger partial charge on any atom is 0.0876 e. The zero-order valence-electron chi connectivity index (χ0n) is 10.1. The van der Waals surface area contributed by atoms with Crippen LogP contribution in [0, 0.1) is 0 Å². The van der Waals surface area contributed by atoms with Crippen molar-refractivity contribution in [2.75, 3.05) is 6.61 Å². The van der Waals surface area contributed by atoms with Crippen LogP contribution in [0.2, 0.25) is 0 Å². The first-order chi connectivity index (χ1) is 8.90. The lowest BCUT2D eigenvalue weighted by Gasteiger charge is -2.22. The van der Waals surface area contributed by atoms with Gasteiger partial charge in [0.2, 0.25) is 0 Å². The average Bonchev–Trinajstić information content (AvgIpc) is 2.85. The molecule has 18 heavy (non-hydrogen) atoms. The SMILES string of the molecule is NNC(C1=COCCC1)c1csc2ccccc12. The fourth-order valence-corrected chi connectivity index (χ4v) is 3.40. The number of rotatable bonds is 3. The van der Waals surface area contributed by atoms with E-state index < -0.39 is 0 Å². The summed E-state index contributed by atoms with van der Waals surface area (Å²) < 4.78 is 6.72. The molecule has 3 rings (SSSR count). The maximum absolute atomic E-state index is 5.74. The van der Waals surface area contributed by atoms with Crippen molar-refractivity contribution in [3.63, 3.8) is 0 Å². The number of hydrogen-bond acceptors (Lipinski definition) is 4. The number of benzene rings is 1. The Morgan fingerprint density at radius 2 is 2.22 bits per heavy atom. The van der Waals surface area contributed by atoms with Gasteiger partial charge in [0.25, 0.3) is 0 Å². The Bertz CT molecular complexity index is 576. The first kappa shape index (κ1) is 11.7. The second-order valence-electron chi connectivity index (χ2n) is 4.45. The number of fused-ring (bicyclic) bond motifs is 1. The molecule has 1 aromatic carbocycles. The summed E-state index contributed by atoms with van der Waals surface area (Å²) in [5.74, 6) is 5.74. The van der Waals surface area contributed by atoms with Gasteiger partial charge in [-0.15, -0.1) is 11.3 Å². The summed E-state index contributed by atoms with van der Waals surface area (Å²) in [5.41, 5.74) is 5.40. The number of hydrazine groups is 1. The number of nitrogens with one attached hydrogen (secondary N) is 1. The molecule has 2 heterocycles. The number of hydrogen-bond donors (Lipinski definition) is 2. The Balaban J connectivity index is 2.03. The Kier molecular flexibility index (Phi) is 3.32. The summed E-state index contributed by atoms with van der Waals surface area (Å²) in [7, 11) is 0. The summed E-state index contributed by atoms with van der Waals surface area (Å²) >= 11 is 1.76. The van der Waals surface area contributed by atoms with Crippen LogP contribution in [0.3, 0.4) is 0 Å². The summed E-state index contributed by atoms with van der Waals surface area (Å²) in [5, 5.41) is 3.46. The highest BCUT2D eigenvalue weighted by Gasteiger charge is 2.20. The van der Waals surface area contributed by atoms with Crippen molar-refractivity contribution in [3.05, 3.63) is 47.0 Å². The molecule has 94 valence electrons. The second kappa shape index (κ2) is 5.10. The lowest BCUT2D eigenvalue weighted by molar-refractivity contribution is 0.219. The summed E-state index contributed by atoms with van der Waals surface area (Å²) in [6.45, 7) is 0.811. The molecule has 3 nitrogen and oxygen atoms in total. The van der Waals surface area contributed by atoms with E-state index in [9.17, 15) is 0 Å². The molecular weight excluding hydrogens is 244 g/mol. The van der Waals surface area contributed by atoms with Crippen molar-refractivity contribution < 1.29 is 4.74 Å². The van der Waals surface area contributed by atoms with Gasteiger partial charge in [-0.3, -0.25) is 5.84 Å². The van der Waals surface area contributed by atoms with E-state index >= 15 is 0 Å². The van der Waals surface area contributed by atoms with Crippen LogP contribution in [0.25, 0.3) is 10.1 Å². The molecule has 1 aliphatic heterocycles. The maximum atomic E-state index is 5.74. The third-order valence-corrected chi connectivity index (χ3v) is 4.30. The highest BCUT2D eigenvalue weighted by Crippen LogP contribution is 2.35. The van der Waals surface area contributed by atoms with Crippen molar-refractivity contribution in [1.82, 2.24) is 5.43 Å². The highest BCUT2D eigenvalue weighted by atomic mass is 32.1.